The van der Waals surface area contributed by atoms with E-state index in [4.69, 9.17) is 0 Å². The van der Waals surface area contributed by atoms with Gasteiger partial charge in [0.05, 0.1) is 17.6 Å². The maximum atomic E-state index is 13.1. The molecular weight excluding hydrogens is 364 g/mol. The molecule has 5 heteroatoms. The highest BCUT2D eigenvalue weighted by Gasteiger charge is 2.46. The molecule has 4 rings (SSSR count). The number of rotatable bonds is 4. The first-order chi connectivity index (χ1) is 14.0. The van der Waals surface area contributed by atoms with Crippen molar-refractivity contribution in [2.75, 3.05) is 13.1 Å². The average molecular weight is 392 g/mol. The predicted molar refractivity (Wildman–Crippen MR) is 112 cm³/mol. The number of phenols is 1. The second kappa shape index (κ2) is 7.90. The van der Waals surface area contributed by atoms with Crippen LogP contribution in [0.4, 0.5) is 0 Å². The molecule has 0 spiro atoms. The van der Waals surface area contributed by atoms with Crippen LogP contribution in [0.15, 0.2) is 48.5 Å². The second-order valence-corrected chi connectivity index (χ2v) is 8.52. The van der Waals surface area contributed by atoms with Gasteiger partial charge in [-0.3, -0.25) is 9.59 Å². The smallest absolute Gasteiger partial charge is 0.257 e. The van der Waals surface area contributed by atoms with Crippen molar-refractivity contribution in [1.82, 2.24) is 9.80 Å². The average Bonchev–Trinajstić information content (AvgIpc) is 3.29. The fraction of sp³-hybridized carbons (Fsp3) is 0.417. The maximum Gasteiger partial charge on any atom is 0.257 e. The van der Waals surface area contributed by atoms with Crippen LogP contribution in [-0.2, 0) is 6.42 Å². The van der Waals surface area contributed by atoms with E-state index in [0.29, 0.717) is 30.1 Å². The Morgan fingerprint density at radius 1 is 0.931 bits per heavy atom. The number of likely N-dealkylation sites (tertiary alicyclic amines) is 2. The zero-order chi connectivity index (χ0) is 20.5. The molecule has 1 N–H and O–H groups in total. The van der Waals surface area contributed by atoms with Crippen molar-refractivity contribution < 1.29 is 14.7 Å². The Labute approximate surface area is 171 Å². The second-order valence-electron chi connectivity index (χ2n) is 8.52. The van der Waals surface area contributed by atoms with E-state index in [0.717, 1.165) is 19.3 Å². The predicted octanol–water partition coefficient (Wildman–Crippen LogP) is 3.72. The Hall–Kier alpha value is -2.82. The topological polar surface area (TPSA) is 60.9 Å². The summed E-state index contributed by atoms with van der Waals surface area (Å²) in [6, 6.07) is 14.7. The summed E-state index contributed by atoms with van der Waals surface area (Å²) in [6.07, 6.45) is 2.56. The molecule has 2 aromatic rings. The van der Waals surface area contributed by atoms with Gasteiger partial charge in [0.1, 0.15) is 5.75 Å². The van der Waals surface area contributed by atoms with Crippen LogP contribution in [0, 0.1) is 5.92 Å². The Kier molecular flexibility index (Phi) is 5.31. The number of aromatic hydroxyl groups is 1. The molecule has 2 fully saturated rings. The van der Waals surface area contributed by atoms with Crippen LogP contribution in [0.3, 0.4) is 0 Å². The number of nitrogens with zero attached hydrogens (tertiary/aromatic N) is 2. The van der Waals surface area contributed by atoms with Crippen molar-refractivity contribution >= 4 is 11.8 Å². The van der Waals surface area contributed by atoms with E-state index in [1.165, 1.54) is 11.6 Å². The number of hydrogen-bond donors (Lipinski definition) is 1. The Bertz CT molecular complexity index is 907. The van der Waals surface area contributed by atoms with Crippen LogP contribution >= 0.6 is 0 Å². The standard InChI is InChI=1S/C24H28N2O3/c1-16(2)15-17-7-9-18(10-8-17)23(28)25-13-11-21-20(25)12-14-26(21)24(29)19-5-3-4-6-22(19)27/h3-10,16,20-21,27H,11-15H2,1-2H3/t20-,21-/m0/s1. The molecule has 0 radical (unpaired) electrons. The molecule has 2 aromatic carbocycles. The van der Waals surface area contributed by atoms with Crippen molar-refractivity contribution in [2.24, 2.45) is 5.92 Å². The fourth-order valence-corrected chi connectivity index (χ4v) is 4.72. The molecule has 2 amide bonds. The van der Waals surface area contributed by atoms with E-state index in [9.17, 15) is 14.7 Å². The maximum absolute atomic E-state index is 13.1. The van der Waals surface area contributed by atoms with Gasteiger partial charge in [0.25, 0.3) is 11.8 Å². The minimum atomic E-state index is -0.150. The Balaban J connectivity index is 1.47. The van der Waals surface area contributed by atoms with Crippen LogP contribution in [0.1, 0.15) is 53.0 Å². The third kappa shape index (κ3) is 3.74. The van der Waals surface area contributed by atoms with Gasteiger partial charge >= 0.3 is 0 Å². The van der Waals surface area contributed by atoms with Gasteiger partial charge in [-0.2, -0.15) is 0 Å². The van der Waals surface area contributed by atoms with Gasteiger partial charge in [-0.15, -0.1) is 0 Å². The summed E-state index contributed by atoms with van der Waals surface area (Å²) >= 11 is 0. The summed E-state index contributed by atoms with van der Waals surface area (Å²) in [4.78, 5) is 29.8. The normalized spacial score (nSPS) is 20.9. The molecule has 2 heterocycles. The van der Waals surface area contributed by atoms with Crippen LogP contribution in [0.25, 0.3) is 0 Å². The number of carbonyl (C=O) groups is 2. The van der Waals surface area contributed by atoms with Crippen LogP contribution in [0.5, 0.6) is 5.75 Å². The molecule has 2 saturated heterocycles. The number of hydrogen-bond acceptors (Lipinski definition) is 3. The van der Waals surface area contributed by atoms with Crippen molar-refractivity contribution in [2.45, 2.75) is 45.2 Å². The molecule has 2 aliphatic rings. The van der Waals surface area contributed by atoms with Crippen molar-refractivity contribution in [1.29, 1.82) is 0 Å². The number of amides is 2. The molecule has 0 aromatic heterocycles. The minimum absolute atomic E-state index is 0.00775. The highest BCUT2D eigenvalue weighted by molar-refractivity contribution is 5.98. The van der Waals surface area contributed by atoms with Crippen molar-refractivity contribution in [3.8, 4) is 5.75 Å². The number of carbonyl (C=O) groups excluding carboxylic acids is 2. The minimum Gasteiger partial charge on any atom is -0.507 e. The van der Waals surface area contributed by atoms with Crippen LogP contribution in [-0.4, -0.2) is 51.9 Å². The summed E-state index contributed by atoms with van der Waals surface area (Å²) in [7, 11) is 0. The Morgan fingerprint density at radius 2 is 1.52 bits per heavy atom. The number of fused-ring (bicyclic) bond motifs is 1. The number of phenolic OH excluding ortho intramolecular Hbond substituents is 1. The Morgan fingerprint density at radius 3 is 2.10 bits per heavy atom. The van der Waals surface area contributed by atoms with Gasteiger partial charge in [0.2, 0.25) is 0 Å². The van der Waals surface area contributed by atoms with Gasteiger partial charge in [-0.25, -0.2) is 0 Å². The lowest BCUT2D eigenvalue weighted by molar-refractivity contribution is 0.0689. The van der Waals surface area contributed by atoms with Gasteiger partial charge in [-0.1, -0.05) is 38.1 Å². The van der Waals surface area contributed by atoms with Gasteiger partial charge in [-0.05, 0) is 55.0 Å². The first-order valence-electron chi connectivity index (χ1n) is 10.4. The molecule has 2 aliphatic heterocycles. The number of para-hydroxylation sites is 1. The van der Waals surface area contributed by atoms with E-state index in [1.807, 2.05) is 34.1 Å². The molecule has 29 heavy (non-hydrogen) atoms. The summed E-state index contributed by atoms with van der Waals surface area (Å²) in [6.45, 7) is 5.64. The number of benzene rings is 2. The quantitative estimate of drug-likeness (QED) is 0.863. The van der Waals surface area contributed by atoms with Crippen molar-refractivity contribution in [3.63, 3.8) is 0 Å². The molecular formula is C24H28N2O3. The molecule has 0 saturated carbocycles. The zero-order valence-corrected chi connectivity index (χ0v) is 17.0. The monoisotopic (exact) mass is 392 g/mol. The summed E-state index contributed by atoms with van der Waals surface area (Å²) in [5.41, 5.74) is 2.29. The first-order valence-corrected chi connectivity index (χ1v) is 10.4. The highest BCUT2D eigenvalue weighted by atomic mass is 16.3. The zero-order valence-electron chi connectivity index (χ0n) is 17.0. The van der Waals surface area contributed by atoms with Gasteiger partial charge in [0, 0.05) is 18.7 Å². The van der Waals surface area contributed by atoms with E-state index < -0.39 is 0 Å². The molecule has 2 atom stereocenters. The lowest BCUT2D eigenvalue weighted by Gasteiger charge is -2.26. The molecule has 0 aliphatic carbocycles. The first kappa shape index (κ1) is 19.5. The van der Waals surface area contributed by atoms with Gasteiger partial charge in [0.15, 0.2) is 0 Å². The summed E-state index contributed by atoms with van der Waals surface area (Å²) in [5, 5.41) is 10.0. The van der Waals surface area contributed by atoms with E-state index >= 15 is 0 Å². The lowest BCUT2D eigenvalue weighted by Crippen LogP contribution is -2.41. The van der Waals surface area contributed by atoms with Crippen molar-refractivity contribution in [3.05, 3.63) is 65.2 Å². The molecule has 0 bridgehead atoms. The van der Waals surface area contributed by atoms with E-state index in [-0.39, 0.29) is 29.6 Å². The third-order valence-corrected chi connectivity index (χ3v) is 6.08. The summed E-state index contributed by atoms with van der Waals surface area (Å²) < 4.78 is 0. The van der Waals surface area contributed by atoms with E-state index in [2.05, 4.69) is 13.8 Å². The lowest BCUT2D eigenvalue weighted by atomic mass is 10.0. The molecule has 0 unspecified atom stereocenters. The fourth-order valence-electron chi connectivity index (χ4n) is 4.72. The van der Waals surface area contributed by atoms with E-state index in [1.54, 1.807) is 18.2 Å². The largest absolute Gasteiger partial charge is 0.507 e. The third-order valence-electron chi connectivity index (χ3n) is 6.08. The highest BCUT2D eigenvalue weighted by Crippen LogP contribution is 2.34. The molecule has 152 valence electrons. The summed E-state index contributed by atoms with van der Waals surface area (Å²) in [5.74, 6) is 0.490. The van der Waals surface area contributed by atoms with Crippen LogP contribution in [0.2, 0.25) is 0 Å². The molecule has 5 nitrogen and oxygen atoms in total. The SMILES string of the molecule is CC(C)Cc1ccc(C(=O)N2CC[C@H]3[C@@H]2CCN3C(=O)c2ccccc2O)cc1. The van der Waals surface area contributed by atoms with Crippen LogP contribution < -0.4 is 0 Å². The van der Waals surface area contributed by atoms with Gasteiger partial charge < -0.3 is 14.9 Å².